The molecule has 0 saturated carbocycles. The summed E-state index contributed by atoms with van der Waals surface area (Å²) in [7, 11) is 0. The molecule has 3 rings (SSSR count). The van der Waals surface area contributed by atoms with Gasteiger partial charge in [0.15, 0.2) is 5.65 Å². The number of halogens is 1. The highest BCUT2D eigenvalue weighted by molar-refractivity contribution is 5.95. The first-order chi connectivity index (χ1) is 13.9. The topological polar surface area (TPSA) is 51.0 Å². The van der Waals surface area contributed by atoms with Crippen molar-refractivity contribution < 1.29 is 9.18 Å². The van der Waals surface area contributed by atoms with Crippen LogP contribution in [-0.2, 0) is 13.1 Å². The molecule has 1 amide bonds. The zero-order chi connectivity index (χ0) is 21.0. The summed E-state index contributed by atoms with van der Waals surface area (Å²) in [5.74, 6) is 0.706. The van der Waals surface area contributed by atoms with Crippen LogP contribution in [0.25, 0.3) is 11.2 Å². The molecule has 6 heteroatoms. The molecule has 0 bridgehead atoms. The predicted octanol–water partition coefficient (Wildman–Crippen LogP) is 4.98. The Balaban J connectivity index is 1.97. The standard InChI is InChI=1S/C23H29FN4O/c1-5-12-28-21(26-20-7-6-11-25-22(20)28)15-27(13-10-16(2)3)23(29)19-14-18(24)9-8-17(19)4/h6-9,11,14,16H,5,10,12-13,15H2,1-4H3. The molecule has 154 valence electrons. The van der Waals surface area contributed by atoms with E-state index in [1.165, 1.54) is 12.1 Å². The Labute approximate surface area is 171 Å². The molecule has 0 saturated heterocycles. The Morgan fingerprint density at radius 3 is 2.79 bits per heavy atom. The number of amides is 1. The van der Waals surface area contributed by atoms with Gasteiger partial charge in [-0.3, -0.25) is 4.79 Å². The fraction of sp³-hybridized carbons (Fsp3) is 0.435. The summed E-state index contributed by atoms with van der Waals surface area (Å²) in [6, 6.07) is 8.18. The van der Waals surface area contributed by atoms with E-state index in [2.05, 4.69) is 30.3 Å². The van der Waals surface area contributed by atoms with Gasteiger partial charge in [-0.2, -0.15) is 0 Å². The summed E-state index contributed by atoms with van der Waals surface area (Å²) in [6.45, 7) is 9.96. The lowest BCUT2D eigenvalue weighted by Gasteiger charge is -2.24. The Bertz CT molecular complexity index is 996. The molecule has 0 spiro atoms. The average Bonchev–Trinajstić information content (AvgIpc) is 3.04. The van der Waals surface area contributed by atoms with Crippen LogP contribution < -0.4 is 0 Å². The van der Waals surface area contributed by atoms with Crippen molar-refractivity contribution in [3.8, 4) is 0 Å². The molecule has 0 atom stereocenters. The molecule has 3 aromatic rings. The van der Waals surface area contributed by atoms with Crippen molar-refractivity contribution in [2.75, 3.05) is 6.54 Å². The van der Waals surface area contributed by atoms with Gasteiger partial charge in [0.25, 0.3) is 5.91 Å². The third-order valence-corrected chi connectivity index (χ3v) is 5.06. The predicted molar refractivity (Wildman–Crippen MR) is 113 cm³/mol. The van der Waals surface area contributed by atoms with Crippen molar-refractivity contribution >= 4 is 17.1 Å². The van der Waals surface area contributed by atoms with E-state index in [-0.39, 0.29) is 5.91 Å². The summed E-state index contributed by atoms with van der Waals surface area (Å²) < 4.78 is 15.9. The average molecular weight is 397 g/mol. The van der Waals surface area contributed by atoms with Crippen molar-refractivity contribution in [2.24, 2.45) is 5.92 Å². The lowest BCUT2D eigenvalue weighted by molar-refractivity contribution is 0.0728. The van der Waals surface area contributed by atoms with Gasteiger partial charge < -0.3 is 9.47 Å². The van der Waals surface area contributed by atoms with Gasteiger partial charge in [-0.1, -0.05) is 26.8 Å². The molecule has 2 heterocycles. The van der Waals surface area contributed by atoms with Gasteiger partial charge in [0, 0.05) is 24.8 Å². The van der Waals surface area contributed by atoms with Crippen LogP contribution in [0.4, 0.5) is 4.39 Å². The van der Waals surface area contributed by atoms with E-state index in [1.807, 2.05) is 19.1 Å². The molecule has 0 aliphatic rings. The number of benzene rings is 1. The fourth-order valence-corrected chi connectivity index (χ4v) is 3.42. The number of aromatic nitrogens is 3. The largest absolute Gasteiger partial charge is 0.331 e. The molecule has 0 aliphatic heterocycles. The molecule has 2 aromatic heterocycles. The van der Waals surface area contributed by atoms with E-state index in [9.17, 15) is 9.18 Å². The van der Waals surface area contributed by atoms with Gasteiger partial charge in [0.2, 0.25) is 0 Å². The Hall–Kier alpha value is -2.76. The number of pyridine rings is 1. The van der Waals surface area contributed by atoms with Crippen molar-refractivity contribution in [3.63, 3.8) is 0 Å². The van der Waals surface area contributed by atoms with Gasteiger partial charge >= 0.3 is 0 Å². The van der Waals surface area contributed by atoms with Gasteiger partial charge in [-0.05, 0) is 55.5 Å². The van der Waals surface area contributed by atoms with Crippen LogP contribution in [0.2, 0.25) is 0 Å². The van der Waals surface area contributed by atoms with Gasteiger partial charge in [0.05, 0.1) is 6.54 Å². The van der Waals surface area contributed by atoms with E-state index >= 15 is 0 Å². The first kappa shape index (κ1) is 21.0. The van der Waals surface area contributed by atoms with Crippen LogP contribution >= 0.6 is 0 Å². The van der Waals surface area contributed by atoms with Crippen LogP contribution in [0.5, 0.6) is 0 Å². The number of fused-ring (bicyclic) bond motifs is 1. The Morgan fingerprint density at radius 1 is 1.28 bits per heavy atom. The van der Waals surface area contributed by atoms with Gasteiger partial charge in [-0.15, -0.1) is 0 Å². The molecule has 0 N–H and O–H groups in total. The maximum Gasteiger partial charge on any atom is 0.254 e. The maximum absolute atomic E-state index is 13.8. The summed E-state index contributed by atoms with van der Waals surface area (Å²) in [6.07, 6.45) is 3.57. The maximum atomic E-state index is 13.8. The zero-order valence-corrected chi connectivity index (χ0v) is 17.7. The van der Waals surface area contributed by atoms with E-state index in [4.69, 9.17) is 4.98 Å². The molecule has 0 radical (unpaired) electrons. The number of aryl methyl sites for hydroxylation is 2. The van der Waals surface area contributed by atoms with Crippen LogP contribution in [0.3, 0.4) is 0 Å². The Morgan fingerprint density at radius 2 is 2.07 bits per heavy atom. The second kappa shape index (κ2) is 9.16. The SMILES string of the molecule is CCCn1c(CN(CCC(C)C)C(=O)c2cc(F)ccc2C)nc2cccnc21. The van der Waals surface area contributed by atoms with Crippen molar-refractivity contribution in [1.82, 2.24) is 19.4 Å². The van der Waals surface area contributed by atoms with E-state index in [1.54, 1.807) is 17.2 Å². The van der Waals surface area contributed by atoms with Gasteiger partial charge in [0.1, 0.15) is 17.2 Å². The van der Waals surface area contributed by atoms with Crippen LogP contribution in [0.15, 0.2) is 36.5 Å². The highest BCUT2D eigenvalue weighted by Crippen LogP contribution is 2.20. The fourth-order valence-electron chi connectivity index (χ4n) is 3.42. The molecule has 0 unspecified atom stereocenters. The quantitative estimate of drug-likeness (QED) is 0.540. The summed E-state index contributed by atoms with van der Waals surface area (Å²) in [5.41, 5.74) is 2.84. The number of hydrogen-bond acceptors (Lipinski definition) is 3. The van der Waals surface area contributed by atoms with Crippen LogP contribution in [0, 0.1) is 18.7 Å². The third-order valence-electron chi connectivity index (χ3n) is 5.06. The monoisotopic (exact) mass is 396 g/mol. The number of carbonyl (C=O) groups is 1. The number of rotatable bonds is 8. The number of carbonyl (C=O) groups excluding carboxylic acids is 1. The molecule has 29 heavy (non-hydrogen) atoms. The van der Waals surface area contributed by atoms with Crippen LogP contribution in [-0.4, -0.2) is 31.9 Å². The first-order valence-electron chi connectivity index (χ1n) is 10.3. The molecular weight excluding hydrogens is 367 g/mol. The minimum atomic E-state index is -0.398. The minimum Gasteiger partial charge on any atom is -0.331 e. The van der Waals surface area contributed by atoms with E-state index in [0.717, 1.165) is 41.9 Å². The van der Waals surface area contributed by atoms with Crippen molar-refractivity contribution in [3.05, 3.63) is 59.3 Å². The lowest BCUT2D eigenvalue weighted by atomic mass is 10.1. The number of nitrogens with zero attached hydrogens (tertiary/aromatic N) is 4. The summed E-state index contributed by atoms with van der Waals surface area (Å²) in [5, 5.41) is 0. The second-order valence-electron chi connectivity index (χ2n) is 7.89. The zero-order valence-electron chi connectivity index (χ0n) is 17.7. The molecule has 5 nitrogen and oxygen atoms in total. The first-order valence-corrected chi connectivity index (χ1v) is 10.3. The molecule has 0 aliphatic carbocycles. The molecule has 0 fully saturated rings. The highest BCUT2D eigenvalue weighted by atomic mass is 19.1. The summed E-state index contributed by atoms with van der Waals surface area (Å²) >= 11 is 0. The van der Waals surface area contributed by atoms with E-state index in [0.29, 0.717) is 24.6 Å². The molecular formula is C23H29FN4O. The minimum absolute atomic E-state index is 0.161. The van der Waals surface area contributed by atoms with Crippen molar-refractivity contribution in [1.29, 1.82) is 0 Å². The van der Waals surface area contributed by atoms with Gasteiger partial charge in [-0.25, -0.2) is 14.4 Å². The summed E-state index contributed by atoms with van der Waals surface area (Å²) in [4.78, 5) is 24.3. The normalized spacial score (nSPS) is 11.4. The molecule has 1 aromatic carbocycles. The lowest BCUT2D eigenvalue weighted by Crippen LogP contribution is -2.34. The van der Waals surface area contributed by atoms with Crippen molar-refractivity contribution in [2.45, 2.75) is 53.6 Å². The highest BCUT2D eigenvalue weighted by Gasteiger charge is 2.22. The smallest absolute Gasteiger partial charge is 0.254 e. The van der Waals surface area contributed by atoms with Crippen LogP contribution in [0.1, 0.15) is 55.4 Å². The van der Waals surface area contributed by atoms with E-state index < -0.39 is 5.82 Å². The Kier molecular flexibility index (Phi) is 6.62. The third kappa shape index (κ3) is 4.81. The number of imidazole rings is 1. The number of hydrogen-bond donors (Lipinski definition) is 0. The second-order valence-corrected chi connectivity index (χ2v) is 7.89.